The lowest BCUT2D eigenvalue weighted by Crippen LogP contribution is -2.33. The summed E-state index contributed by atoms with van der Waals surface area (Å²) in [6.45, 7) is 0. The van der Waals surface area contributed by atoms with E-state index in [4.69, 9.17) is 9.47 Å². The van der Waals surface area contributed by atoms with Crippen molar-refractivity contribution < 1.29 is 23.0 Å². The molecule has 7 heteroatoms. The summed E-state index contributed by atoms with van der Waals surface area (Å²) in [6.07, 6.45) is -0.368. The van der Waals surface area contributed by atoms with Crippen LogP contribution in [0.1, 0.15) is 17.2 Å². The number of fused-ring (bicyclic) bond motifs is 1. The lowest BCUT2D eigenvalue weighted by atomic mass is 10.1. The summed E-state index contributed by atoms with van der Waals surface area (Å²) in [5.74, 6) is 0.774. The molecule has 0 bridgehead atoms. The van der Waals surface area contributed by atoms with Gasteiger partial charge in [-0.3, -0.25) is 0 Å². The van der Waals surface area contributed by atoms with Gasteiger partial charge in [0.1, 0.15) is 0 Å². The van der Waals surface area contributed by atoms with Gasteiger partial charge in [0, 0.05) is 12.5 Å². The minimum absolute atomic E-state index is 0.0525. The molecule has 1 aliphatic rings. The molecular weight excluding hydrogens is 330 g/mol. The first-order valence-corrected chi connectivity index (χ1v) is 8.95. The molecule has 24 heavy (non-hydrogen) atoms. The van der Waals surface area contributed by atoms with E-state index in [1.54, 1.807) is 0 Å². The van der Waals surface area contributed by atoms with Crippen molar-refractivity contribution in [1.82, 2.24) is 4.72 Å². The number of methoxy groups -OCH3 is 2. The van der Waals surface area contributed by atoms with Gasteiger partial charge in [-0.2, -0.15) is 0 Å². The van der Waals surface area contributed by atoms with Crippen molar-refractivity contribution in [3.63, 3.8) is 0 Å². The van der Waals surface area contributed by atoms with Crippen molar-refractivity contribution >= 4 is 10.0 Å². The van der Waals surface area contributed by atoms with Gasteiger partial charge in [-0.05, 0) is 23.3 Å². The quantitative estimate of drug-likeness (QED) is 0.857. The second-order valence-corrected chi connectivity index (χ2v) is 7.30. The Bertz CT molecular complexity index is 850. The molecule has 0 saturated heterocycles. The third-order valence-electron chi connectivity index (χ3n) is 4.15. The Morgan fingerprint density at radius 3 is 2.50 bits per heavy atom. The maximum absolute atomic E-state index is 12.7. The maximum Gasteiger partial charge on any atom is 0.241 e. The first kappa shape index (κ1) is 16.8. The second-order valence-electron chi connectivity index (χ2n) is 5.59. The van der Waals surface area contributed by atoms with Gasteiger partial charge in [0.2, 0.25) is 10.0 Å². The Balaban J connectivity index is 1.92. The molecule has 0 radical (unpaired) electrons. The number of rotatable bonds is 5. The smallest absolute Gasteiger partial charge is 0.241 e. The standard InChI is InChI=1S/C17H19NO5S/c1-22-15-8-7-12(10-16(15)23-2)24(20,21)18-17-13-6-4-3-5-11(13)9-14(17)19/h3-8,10,14,17-19H,9H2,1-2H3. The van der Waals surface area contributed by atoms with Crippen LogP contribution in [0.25, 0.3) is 0 Å². The minimum atomic E-state index is -3.82. The molecule has 128 valence electrons. The highest BCUT2D eigenvalue weighted by atomic mass is 32.2. The van der Waals surface area contributed by atoms with Gasteiger partial charge >= 0.3 is 0 Å². The number of benzene rings is 2. The Labute approximate surface area is 141 Å². The zero-order valence-electron chi connectivity index (χ0n) is 13.4. The Kier molecular flexibility index (Phi) is 4.49. The summed E-state index contributed by atoms with van der Waals surface area (Å²) >= 11 is 0. The van der Waals surface area contributed by atoms with Crippen LogP contribution < -0.4 is 14.2 Å². The summed E-state index contributed by atoms with van der Waals surface area (Å²) in [5, 5.41) is 10.2. The van der Waals surface area contributed by atoms with Crippen LogP contribution in [0.5, 0.6) is 11.5 Å². The van der Waals surface area contributed by atoms with E-state index in [1.165, 1.54) is 32.4 Å². The van der Waals surface area contributed by atoms with E-state index in [1.807, 2.05) is 24.3 Å². The molecule has 3 rings (SSSR count). The third kappa shape index (κ3) is 2.98. The van der Waals surface area contributed by atoms with E-state index in [-0.39, 0.29) is 4.90 Å². The summed E-state index contributed by atoms with van der Waals surface area (Å²) in [5.41, 5.74) is 1.75. The van der Waals surface area contributed by atoms with Crippen LogP contribution in [-0.2, 0) is 16.4 Å². The summed E-state index contributed by atoms with van der Waals surface area (Å²) in [4.78, 5) is 0.0525. The molecule has 2 aromatic rings. The number of aliphatic hydroxyl groups excluding tert-OH is 1. The molecule has 0 fully saturated rings. The van der Waals surface area contributed by atoms with Crippen molar-refractivity contribution in [2.75, 3.05) is 14.2 Å². The van der Waals surface area contributed by atoms with Gasteiger partial charge in [0.25, 0.3) is 0 Å². The average molecular weight is 349 g/mol. The van der Waals surface area contributed by atoms with Gasteiger partial charge in [-0.15, -0.1) is 0 Å². The molecule has 0 saturated carbocycles. The SMILES string of the molecule is COc1ccc(S(=O)(=O)NC2c3ccccc3CC2O)cc1OC. The van der Waals surface area contributed by atoms with Crippen molar-refractivity contribution in [3.05, 3.63) is 53.6 Å². The van der Waals surface area contributed by atoms with Crippen LogP contribution in [0.3, 0.4) is 0 Å². The van der Waals surface area contributed by atoms with Gasteiger partial charge in [0.05, 0.1) is 31.3 Å². The highest BCUT2D eigenvalue weighted by molar-refractivity contribution is 7.89. The van der Waals surface area contributed by atoms with Crippen LogP contribution in [0.2, 0.25) is 0 Å². The summed E-state index contributed by atoms with van der Waals surface area (Å²) < 4.78 is 38.3. The van der Waals surface area contributed by atoms with Crippen LogP contribution in [0.4, 0.5) is 0 Å². The lowest BCUT2D eigenvalue weighted by molar-refractivity contribution is 0.151. The monoisotopic (exact) mass is 349 g/mol. The number of aliphatic hydroxyl groups is 1. The van der Waals surface area contributed by atoms with Crippen molar-refractivity contribution in [2.24, 2.45) is 0 Å². The largest absolute Gasteiger partial charge is 0.493 e. The van der Waals surface area contributed by atoms with E-state index in [0.29, 0.717) is 17.9 Å². The molecule has 0 aliphatic heterocycles. The van der Waals surface area contributed by atoms with Gasteiger partial charge < -0.3 is 14.6 Å². The molecule has 6 nitrogen and oxygen atoms in total. The van der Waals surface area contributed by atoms with Crippen LogP contribution in [-0.4, -0.2) is 33.8 Å². The fourth-order valence-corrected chi connectivity index (χ4v) is 4.20. The van der Waals surface area contributed by atoms with Crippen molar-refractivity contribution in [2.45, 2.75) is 23.5 Å². The Morgan fingerprint density at radius 1 is 1.08 bits per heavy atom. The van der Waals surface area contributed by atoms with E-state index < -0.39 is 22.2 Å². The Morgan fingerprint density at radius 2 is 1.79 bits per heavy atom. The van der Waals surface area contributed by atoms with Crippen molar-refractivity contribution in [1.29, 1.82) is 0 Å². The Hall–Kier alpha value is -2.09. The zero-order valence-corrected chi connectivity index (χ0v) is 14.2. The molecule has 2 N–H and O–H groups in total. The number of hydrogen-bond acceptors (Lipinski definition) is 5. The van der Waals surface area contributed by atoms with Crippen LogP contribution in [0, 0.1) is 0 Å². The highest BCUT2D eigenvalue weighted by Crippen LogP contribution is 2.34. The molecule has 1 aliphatic carbocycles. The predicted molar refractivity (Wildman–Crippen MR) is 88.8 cm³/mol. The summed E-state index contributed by atoms with van der Waals surface area (Å²) in [6, 6.07) is 11.1. The number of ether oxygens (including phenoxy) is 2. The van der Waals surface area contributed by atoms with Gasteiger partial charge in [0.15, 0.2) is 11.5 Å². The highest BCUT2D eigenvalue weighted by Gasteiger charge is 2.34. The molecular formula is C17H19NO5S. The van der Waals surface area contributed by atoms with Gasteiger partial charge in [-0.1, -0.05) is 24.3 Å². The third-order valence-corrected chi connectivity index (χ3v) is 5.59. The molecule has 2 atom stereocenters. The number of hydrogen-bond donors (Lipinski definition) is 2. The molecule has 0 spiro atoms. The first-order chi connectivity index (χ1) is 11.5. The predicted octanol–water partition coefficient (Wildman–Crippen LogP) is 1.64. The fraction of sp³-hybridized carbons (Fsp3) is 0.294. The van der Waals surface area contributed by atoms with E-state index in [0.717, 1.165) is 11.1 Å². The molecule has 0 amide bonds. The van der Waals surface area contributed by atoms with E-state index in [9.17, 15) is 13.5 Å². The van der Waals surface area contributed by atoms with Gasteiger partial charge in [-0.25, -0.2) is 13.1 Å². The normalized spacial score (nSPS) is 19.8. The molecule has 2 aromatic carbocycles. The second kappa shape index (κ2) is 6.43. The topological polar surface area (TPSA) is 84.9 Å². The number of sulfonamides is 1. The van der Waals surface area contributed by atoms with Crippen LogP contribution >= 0.6 is 0 Å². The van der Waals surface area contributed by atoms with Crippen molar-refractivity contribution in [3.8, 4) is 11.5 Å². The molecule has 0 aromatic heterocycles. The molecule has 2 unspecified atom stereocenters. The fourth-order valence-electron chi connectivity index (χ4n) is 2.93. The zero-order chi connectivity index (χ0) is 17.3. The lowest BCUT2D eigenvalue weighted by Gasteiger charge is -2.18. The number of nitrogens with one attached hydrogen (secondary N) is 1. The first-order valence-electron chi connectivity index (χ1n) is 7.46. The minimum Gasteiger partial charge on any atom is -0.493 e. The van der Waals surface area contributed by atoms with E-state index >= 15 is 0 Å². The van der Waals surface area contributed by atoms with Crippen LogP contribution in [0.15, 0.2) is 47.4 Å². The average Bonchev–Trinajstić information content (AvgIpc) is 2.89. The molecule has 0 heterocycles. The summed E-state index contributed by atoms with van der Waals surface area (Å²) in [7, 11) is -0.897. The van der Waals surface area contributed by atoms with E-state index in [2.05, 4.69) is 4.72 Å². The maximum atomic E-state index is 12.7.